The molecule has 2 atom stereocenters. The molecule has 1 aromatic carbocycles. The second-order valence-electron chi connectivity index (χ2n) is 4.71. The van der Waals surface area contributed by atoms with E-state index in [0.29, 0.717) is 0 Å². The maximum absolute atomic E-state index is 9.54. The van der Waals surface area contributed by atoms with Gasteiger partial charge in [0.1, 0.15) is 5.76 Å². The van der Waals surface area contributed by atoms with Gasteiger partial charge in [-0.1, -0.05) is 37.3 Å². The second kappa shape index (κ2) is 7.12. The third-order valence-electron chi connectivity index (χ3n) is 3.28. The molecular formula is C16H21NO2. The molecule has 0 aliphatic heterocycles. The highest BCUT2D eigenvalue weighted by molar-refractivity contribution is 5.16. The summed E-state index contributed by atoms with van der Waals surface area (Å²) < 4.78 is 5.44. The van der Waals surface area contributed by atoms with Gasteiger partial charge in [0, 0.05) is 6.04 Å². The predicted octanol–water partition coefficient (Wildman–Crippen LogP) is 2.92. The molecular weight excluding hydrogens is 238 g/mol. The van der Waals surface area contributed by atoms with Crippen molar-refractivity contribution in [3.8, 4) is 0 Å². The average Bonchev–Trinajstić information content (AvgIpc) is 2.98. The number of benzene rings is 1. The van der Waals surface area contributed by atoms with Gasteiger partial charge in [0.2, 0.25) is 0 Å². The molecule has 2 aromatic rings. The van der Waals surface area contributed by atoms with E-state index in [9.17, 15) is 5.11 Å². The monoisotopic (exact) mass is 259 g/mol. The first-order valence-corrected chi connectivity index (χ1v) is 6.77. The summed E-state index contributed by atoms with van der Waals surface area (Å²) in [6.07, 6.45) is 3.43. The summed E-state index contributed by atoms with van der Waals surface area (Å²) in [6.45, 7) is 2.23. The van der Waals surface area contributed by atoms with Gasteiger partial charge in [0.05, 0.1) is 18.9 Å². The molecule has 0 amide bonds. The van der Waals surface area contributed by atoms with Crippen LogP contribution in [0.3, 0.4) is 0 Å². The normalized spacial score (nSPS) is 14.2. The second-order valence-corrected chi connectivity index (χ2v) is 4.71. The van der Waals surface area contributed by atoms with Gasteiger partial charge >= 0.3 is 0 Å². The number of rotatable bonds is 7. The van der Waals surface area contributed by atoms with Crippen molar-refractivity contribution in [2.75, 3.05) is 6.61 Å². The van der Waals surface area contributed by atoms with Crippen molar-refractivity contribution < 1.29 is 9.52 Å². The van der Waals surface area contributed by atoms with Crippen LogP contribution in [0.15, 0.2) is 53.1 Å². The minimum absolute atomic E-state index is 0.0393. The van der Waals surface area contributed by atoms with Gasteiger partial charge in [-0.2, -0.15) is 0 Å². The van der Waals surface area contributed by atoms with Crippen LogP contribution in [0.2, 0.25) is 0 Å². The van der Waals surface area contributed by atoms with Gasteiger partial charge in [-0.3, -0.25) is 0 Å². The van der Waals surface area contributed by atoms with Crippen LogP contribution in [0.4, 0.5) is 0 Å². The molecule has 2 N–H and O–H groups in total. The standard InChI is InChI=1S/C16H21NO2/c1-2-15(16-9-6-10-19-16)17-14(12-18)11-13-7-4-3-5-8-13/h3-10,14-15,17-18H,2,11-12H2,1H3/t14-,15?/m1/s1. The fourth-order valence-electron chi connectivity index (χ4n) is 2.25. The SMILES string of the molecule is CCC(N[C@@H](CO)Cc1ccccc1)c1ccco1. The summed E-state index contributed by atoms with van der Waals surface area (Å²) in [6, 6.07) is 14.3. The molecule has 0 saturated carbocycles. The summed E-state index contributed by atoms with van der Waals surface area (Å²) in [5.74, 6) is 0.925. The van der Waals surface area contributed by atoms with Crippen LogP contribution in [0.25, 0.3) is 0 Å². The minimum Gasteiger partial charge on any atom is -0.468 e. The van der Waals surface area contributed by atoms with Gasteiger partial charge in [-0.25, -0.2) is 0 Å². The maximum Gasteiger partial charge on any atom is 0.120 e. The molecule has 0 aliphatic carbocycles. The Hall–Kier alpha value is -1.58. The number of hydrogen-bond donors (Lipinski definition) is 2. The van der Waals surface area contributed by atoms with Crippen molar-refractivity contribution in [2.45, 2.75) is 31.8 Å². The van der Waals surface area contributed by atoms with Crippen molar-refractivity contribution in [1.29, 1.82) is 0 Å². The van der Waals surface area contributed by atoms with E-state index in [2.05, 4.69) is 24.4 Å². The Kier molecular flexibility index (Phi) is 5.19. The third-order valence-corrected chi connectivity index (χ3v) is 3.28. The first kappa shape index (κ1) is 13.8. The number of furan rings is 1. The molecule has 0 saturated heterocycles. The van der Waals surface area contributed by atoms with Gasteiger partial charge < -0.3 is 14.8 Å². The third kappa shape index (κ3) is 3.94. The summed E-state index contributed by atoms with van der Waals surface area (Å²) in [7, 11) is 0. The highest BCUT2D eigenvalue weighted by atomic mass is 16.3. The molecule has 0 fully saturated rings. The van der Waals surface area contributed by atoms with Crippen molar-refractivity contribution in [3.05, 3.63) is 60.1 Å². The minimum atomic E-state index is 0.0393. The zero-order valence-corrected chi connectivity index (χ0v) is 11.3. The zero-order chi connectivity index (χ0) is 13.5. The molecule has 3 nitrogen and oxygen atoms in total. The number of aliphatic hydroxyl groups is 1. The molecule has 0 spiro atoms. The average molecular weight is 259 g/mol. The number of nitrogens with one attached hydrogen (secondary N) is 1. The summed E-state index contributed by atoms with van der Waals surface area (Å²) in [5, 5.41) is 13.0. The van der Waals surface area contributed by atoms with E-state index in [-0.39, 0.29) is 18.7 Å². The van der Waals surface area contributed by atoms with Crippen molar-refractivity contribution in [3.63, 3.8) is 0 Å². The zero-order valence-electron chi connectivity index (χ0n) is 11.3. The first-order chi connectivity index (χ1) is 9.33. The van der Waals surface area contributed by atoms with E-state index in [0.717, 1.165) is 18.6 Å². The van der Waals surface area contributed by atoms with E-state index in [1.807, 2.05) is 30.3 Å². The lowest BCUT2D eigenvalue weighted by atomic mass is 10.0. The van der Waals surface area contributed by atoms with Crippen molar-refractivity contribution >= 4 is 0 Å². The topological polar surface area (TPSA) is 45.4 Å². The van der Waals surface area contributed by atoms with Gasteiger partial charge in [0.25, 0.3) is 0 Å². The lowest BCUT2D eigenvalue weighted by molar-refractivity contribution is 0.223. The van der Waals surface area contributed by atoms with Crippen LogP contribution in [0.1, 0.15) is 30.7 Å². The van der Waals surface area contributed by atoms with E-state index in [1.54, 1.807) is 6.26 Å². The molecule has 0 bridgehead atoms. The summed E-state index contributed by atoms with van der Waals surface area (Å²) in [4.78, 5) is 0. The Balaban J connectivity index is 1.98. The Morgan fingerprint density at radius 3 is 2.53 bits per heavy atom. The lowest BCUT2D eigenvalue weighted by Crippen LogP contribution is -2.37. The van der Waals surface area contributed by atoms with Gasteiger partial charge in [-0.15, -0.1) is 0 Å². The van der Waals surface area contributed by atoms with Crippen molar-refractivity contribution in [1.82, 2.24) is 5.32 Å². The van der Waals surface area contributed by atoms with E-state index in [1.165, 1.54) is 5.56 Å². The molecule has 1 heterocycles. The molecule has 0 aliphatic rings. The smallest absolute Gasteiger partial charge is 0.120 e. The largest absolute Gasteiger partial charge is 0.468 e. The summed E-state index contributed by atoms with van der Waals surface area (Å²) >= 11 is 0. The highest BCUT2D eigenvalue weighted by Gasteiger charge is 2.17. The molecule has 1 unspecified atom stereocenters. The molecule has 1 aromatic heterocycles. The lowest BCUT2D eigenvalue weighted by Gasteiger charge is -2.22. The Labute approximate surface area is 114 Å². The van der Waals surface area contributed by atoms with E-state index < -0.39 is 0 Å². The van der Waals surface area contributed by atoms with Crippen LogP contribution in [0, 0.1) is 0 Å². The molecule has 19 heavy (non-hydrogen) atoms. The molecule has 0 radical (unpaired) electrons. The van der Waals surface area contributed by atoms with Crippen LogP contribution in [0.5, 0.6) is 0 Å². The van der Waals surface area contributed by atoms with Crippen LogP contribution in [-0.2, 0) is 6.42 Å². The highest BCUT2D eigenvalue weighted by Crippen LogP contribution is 2.18. The Morgan fingerprint density at radius 2 is 1.95 bits per heavy atom. The van der Waals surface area contributed by atoms with Crippen molar-refractivity contribution in [2.24, 2.45) is 0 Å². The predicted molar refractivity (Wildman–Crippen MR) is 75.9 cm³/mol. The molecule has 3 heteroatoms. The molecule has 2 rings (SSSR count). The van der Waals surface area contributed by atoms with Crippen LogP contribution >= 0.6 is 0 Å². The van der Waals surface area contributed by atoms with Gasteiger partial charge in [-0.05, 0) is 30.5 Å². The van der Waals surface area contributed by atoms with E-state index >= 15 is 0 Å². The van der Waals surface area contributed by atoms with Crippen LogP contribution < -0.4 is 5.32 Å². The maximum atomic E-state index is 9.54. The quantitative estimate of drug-likeness (QED) is 0.803. The Bertz CT molecular complexity index is 453. The summed E-state index contributed by atoms with van der Waals surface area (Å²) in [5.41, 5.74) is 1.23. The number of aliphatic hydroxyl groups excluding tert-OH is 1. The van der Waals surface area contributed by atoms with Crippen LogP contribution in [-0.4, -0.2) is 17.8 Å². The fraction of sp³-hybridized carbons (Fsp3) is 0.375. The fourth-order valence-corrected chi connectivity index (χ4v) is 2.25. The first-order valence-electron chi connectivity index (χ1n) is 6.77. The van der Waals surface area contributed by atoms with E-state index in [4.69, 9.17) is 4.42 Å². The molecule has 102 valence electrons. The van der Waals surface area contributed by atoms with Gasteiger partial charge in [0.15, 0.2) is 0 Å². The Morgan fingerprint density at radius 1 is 1.16 bits per heavy atom. The number of hydrogen-bond acceptors (Lipinski definition) is 3.